The van der Waals surface area contributed by atoms with Crippen LogP contribution >= 0.6 is 0 Å². The molecule has 0 atom stereocenters. The van der Waals surface area contributed by atoms with Crippen molar-refractivity contribution in [3.8, 4) is 0 Å². The molecule has 29 heavy (non-hydrogen) atoms. The summed E-state index contributed by atoms with van der Waals surface area (Å²) in [6.45, 7) is 3.62. The van der Waals surface area contributed by atoms with Gasteiger partial charge in [-0.25, -0.2) is 9.97 Å². The highest BCUT2D eigenvalue weighted by atomic mass is 15.2. The highest BCUT2D eigenvalue weighted by Crippen LogP contribution is 2.23. The van der Waals surface area contributed by atoms with Gasteiger partial charge < -0.3 is 19.8 Å². The summed E-state index contributed by atoms with van der Waals surface area (Å²) in [5, 5.41) is 7.12. The molecule has 1 saturated heterocycles. The topological polar surface area (TPSA) is 59.7 Å². The molecule has 2 aromatic heterocycles. The number of nitrogens with one attached hydrogen (secondary N) is 2. The van der Waals surface area contributed by atoms with Crippen LogP contribution in [0.25, 0.3) is 11.0 Å². The Morgan fingerprint density at radius 2 is 1.76 bits per heavy atom. The molecule has 4 aromatic rings. The van der Waals surface area contributed by atoms with Gasteiger partial charge >= 0.3 is 0 Å². The summed E-state index contributed by atoms with van der Waals surface area (Å²) in [5.41, 5.74) is 3.43. The number of benzene rings is 2. The lowest BCUT2D eigenvalue weighted by molar-refractivity contribution is 0.475. The van der Waals surface area contributed by atoms with E-state index in [0.717, 1.165) is 55.3 Å². The quantitative estimate of drug-likeness (QED) is 0.533. The number of hydrogen-bond acceptors (Lipinski definition) is 4. The second-order valence-corrected chi connectivity index (χ2v) is 7.64. The van der Waals surface area contributed by atoms with E-state index in [1.54, 1.807) is 0 Å². The highest BCUT2D eigenvalue weighted by Gasteiger charge is 2.18. The maximum absolute atomic E-state index is 4.90. The van der Waals surface area contributed by atoms with Crippen LogP contribution in [0.5, 0.6) is 0 Å². The molecule has 0 aliphatic carbocycles. The van der Waals surface area contributed by atoms with Crippen molar-refractivity contribution >= 4 is 17.0 Å². The van der Waals surface area contributed by atoms with E-state index in [0.29, 0.717) is 12.6 Å². The summed E-state index contributed by atoms with van der Waals surface area (Å²) in [4.78, 5) is 9.55. The summed E-state index contributed by atoms with van der Waals surface area (Å²) >= 11 is 0. The third-order valence-electron chi connectivity index (χ3n) is 5.62. The van der Waals surface area contributed by atoms with Gasteiger partial charge in [0.2, 0.25) is 5.95 Å². The van der Waals surface area contributed by atoms with Crippen LogP contribution in [0.1, 0.15) is 24.2 Å². The normalized spacial score (nSPS) is 15.0. The number of anilines is 1. The predicted molar refractivity (Wildman–Crippen MR) is 116 cm³/mol. The third-order valence-corrected chi connectivity index (χ3v) is 5.62. The van der Waals surface area contributed by atoms with Gasteiger partial charge in [0, 0.05) is 25.0 Å². The van der Waals surface area contributed by atoms with Crippen molar-refractivity contribution in [2.45, 2.75) is 32.0 Å². The molecular weight excluding hydrogens is 360 g/mol. The predicted octanol–water partition coefficient (Wildman–Crippen LogP) is 3.49. The molecule has 0 amide bonds. The van der Waals surface area contributed by atoms with E-state index in [1.165, 1.54) is 5.56 Å². The molecule has 3 heterocycles. The lowest BCUT2D eigenvalue weighted by Crippen LogP contribution is -2.36. The van der Waals surface area contributed by atoms with Crippen LogP contribution in [0.15, 0.2) is 67.0 Å². The number of piperidine rings is 1. The average molecular weight is 387 g/mol. The van der Waals surface area contributed by atoms with Gasteiger partial charge in [0.1, 0.15) is 5.82 Å². The Morgan fingerprint density at radius 1 is 0.966 bits per heavy atom. The van der Waals surface area contributed by atoms with E-state index in [-0.39, 0.29) is 0 Å². The molecule has 1 aliphatic rings. The molecular formula is C23H26N6. The van der Waals surface area contributed by atoms with E-state index in [2.05, 4.69) is 79.5 Å². The minimum absolute atomic E-state index is 0.455. The van der Waals surface area contributed by atoms with Crippen LogP contribution in [-0.2, 0) is 13.1 Å². The monoisotopic (exact) mass is 386 g/mol. The van der Waals surface area contributed by atoms with Gasteiger partial charge in [-0.05, 0) is 43.6 Å². The number of hydrogen-bond donors (Lipinski definition) is 2. The number of fused-ring (bicyclic) bond motifs is 1. The van der Waals surface area contributed by atoms with Gasteiger partial charge in [-0.1, -0.05) is 42.5 Å². The lowest BCUT2D eigenvalue weighted by Gasteiger charge is -2.24. The molecule has 0 bridgehead atoms. The third kappa shape index (κ3) is 3.89. The van der Waals surface area contributed by atoms with E-state index < -0.39 is 0 Å². The molecule has 2 aromatic carbocycles. The van der Waals surface area contributed by atoms with E-state index in [4.69, 9.17) is 4.98 Å². The van der Waals surface area contributed by atoms with Crippen molar-refractivity contribution in [3.05, 3.63) is 78.4 Å². The summed E-state index contributed by atoms with van der Waals surface area (Å²) in [6.07, 6.45) is 6.18. The standard InChI is InChI=1S/C23H26N6/c1-2-6-18(7-3-1)16-28-15-14-25-22(28)17-29-21-9-5-4-8-20(21)27-23(29)26-19-10-12-24-13-11-19/h1-9,14-15,19,24H,10-13,16-17H2,(H,26,27). The van der Waals surface area contributed by atoms with Gasteiger partial charge in [-0.2, -0.15) is 0 Å². The van der Waals surface area contributed by atoms with Crippen molar-refractivity contribution in [2.75, 3.05) is 18.4 Å². The van der Waals surface area contributed by atoms with Crippen molar-refractivity contribution < 1.29 is 0 Å². The maximum Gasteiger partial charge on any atom is 0.204 e. The average Bonchev–Trinajstić information content (AvgIpc) is 3.34. The largest absolute Gasteiger partial charge is 0.353 e. The Labute approximate surface area is 170 Å². The van der Waals surface area contributed by atoms with Gasteiger partial charge in [0.25, 0.3) is 0 Å². The zero-order valence-electron chi connectivity index (χ0n) is 16.5. The second kappa shape index (κ2) is 8.09. The van der Waals surface area contributed by atoms with Crippen LogP contribution in [0.4, 0.5) is 5.95 Å². The number of imidazole rings is 2. The smallest absolute Gasteiger partial charge is 0.204 e. The summed E-state index contributed by atoms with van der Waals surface area (Å²) in [6, 6.07) is 19.3. The Balaban J connectivity index is 1.45. The number of rotatable bonds is 6. The van der Waals surface area contributed by atoms with Gasteiger partial charge in [-0.3, -0.25) is 0 Å². The Kier molecular flexibility index (Phi) is 5.01. The molecule has 2 N–H and O–H groups in total. The van der Waals surface area contributed by atoms with Crippen LogP contribution < -0.4 is 10.6 Å². The first-order chi connectivity index (χ1) is 14.4. The molecule has 6 heteroatoms. The van der Waals surface area contributed by atoms with Gasteiger partial charge in [0.05, 0.1) is 17.6 Å². The van der Waals surface area contributed by atoms with Crippen molar-refractivity contribution in [1.29, 1.82) is 0 Å². The molecule has 1 fully saturated rings. The van der Waals surface area contributed by atoms with Crippen LogP contribution in [-0.4, -0.2) is 38.2 Å². The molecule has 1 aliphatic heterocycles. The summed E-state index contributed by atoms with van der Waals surface area (Å²) < 4.78 is 4.49. The highest BCUT2D eigenvalue weighted by molar-refractivity contribution is 5.78. The summed E-state index contributed by atoms with van der Waals surface area (Å²) in [7, 11) is 0. The van der Waals surface area contributed by atoms with Crippen molar-refractivity contribution in [2.24, 2.45) is 0 Å². The van der Waals surface area contributed by atoms with E-state index in [1.807, 2.05) is 12.3 Å². The molecule has 0 spiro atoms. The first-order valence-electron chi connectivity index (χ1n) is 10.3. The Bertz CT molecular complexity index is 1080. The first kappa shape index (κ1) is 17.9. The van der Waals surface area contributed by atoms with Gasteiger partial charge in [-0.15, -0.1) is 0 Å². The fourth-order valence-corrected chi connectivity index (χ4v) is 4.05. The number of aromatic nitrogens is 4. The zero-order valence-corrected chi connectivity index (χ0v) is 16.5. The van der Waals surface area contributed by atoms with Crippen LogP contribution in [0.3, 0.4) is 0 Å². The van der Waals surface area contributed by atoms with E-state index in [9.17, 15) is 0 Å². The molecule has 148 valence electrons. The summed E-state index contributed by atoms with van der Waals surface area (Å²) in [5.74, 6) is 1.97. The molecule has 0 radical (unpaired) electrons. The molecule has 0 saturated carbocycles. The first-order valence-corrected chi connectivity index (χ1v) is 10.3. The van der Waals surface area contributed by atoms with Crippen molar-refractivity contribution in [1.82, 2.24) is 24.4 Å². The van der Waals surface area contributed by atoms with Gasteiger partial charge in [0.15, 0.2) is 0 Å². The number of para-hydroxylation sites is 2. The fourth-order valence-electron chi connectivity index (χ4n) is 4.05. The SMILES string of the molecule is c1ccc(Cn2ccnc2Cn2c(NC3CCNCC3)nc3ccccc32)cc1. The molecule has 5 rings (SSSR count). The molecule has 0 unspecified atom stereocenters. The number of nitrogens with zero attached hydrogens (tertiary/aromatic N) is 4. The Hall–Kier alpha value is -3.12. The minimum Gasteiger partial charge on any atom is -0.353 e. The van der Waals surface area contributed by atoms with E-state index >= 15 is 0 Å². The lowest BCUT2D eigenvalue weighted by atomic mass is 10.1. The fraction of sp³-hybridized carbons (Fsp3) is 0.304. The molecule has 6 nitrogen and oxygen atoms in total. The zero-order chi connectivity index (χ0) is 19.5. The minimum atomic E-state index is 0.455. The van der Waals surface area contributed by atoms with Crippen molar-refractivity contribution in [3.63, 3.8) is 0 Å². The Morgan fingerprint density at radius 3 is 2.62 bits per heavy atom. The maximum atomic E-state index is 4.90. The van der Waals surface area contributed by atoms with Crippen LogP contribution in [0, 0.1) is 0 Å². The van der Waals surface area contributed by atoms with Crippen LogP contribution in [0.2, 0.25) is 0 Å². The second-order valence-electron chi connectivity index (χ2n) is 7.64.